The Kier molecular flexibility index (Phi) is 3.76. The molecule has 0 aliphatic carbocycles. The molecule has 2 aliphatic heterocycles. The van der Waals surface area contributed by atoms with Gasteiger partial charge in [-0.1, -0.05) is 17.7 Å². The van der Waals surface area contributed by atoms with Crippen molar-refractivity contribution in [2.45, 2.75) is 32.2 Å². The van der Waals surface area contributed by atoms with Crippen molar-refractivity contribution in [3.05, 3.63) is 63.1 Å². The summed E-state index contributed by atoms with van der Waals surface area (Å²) in [4.78, 5) is 32.1. The molecule has 25 heavy (non-hydrogen) atoms. The van der Waals surface area contributed by atoms with Crippen LogP contribution >= 0.6 is 0 Å². The van der Waals surface area contributed by atoms with Gasteiger partial charge in [0.25, 0.3) is 5.91 Å². The first kappa shape index (κ1) is 16.1. The Morgan fingerprint density at radius 2 is 2.00 bits per heavy atom. The van der Waals surface area contributed by atoms with E-state index in [1.807, 2.05) is 4.90 Å². The molecule has 2 aliphatic rings. The van der Waals surface area contributed by atoms with Crippen molar-refractivity contribution in [2.24, 2.45) is 0 Å². The number of nitrogens with one attached hydrogen (secondary N) is 1. The number of rotatable bonds is 1. The van der Waals surface area contributed by atoms with E-state index in [2.05, 4.69) is 42.1 Å². The maximum Gasteiger partial charge on any atom is 0.258 e. The van der Waals surface area contributed by atoms with Gasteiger partial charge in [0.15, 0.2) is 0 Å². The summed E-state index contributed by atoms with van der Waals surface area (Å²) in [5.41, 5.74) is 4.41. The number of hydrogen-bond donors (Lipinski definition) is 1. The number of carbonyl (C=O) groups is 1. The fourth-order valence-electron chi connectivity index (χ4n) is 4.29. The fourth-order valence-corrected chi connectivity index (χ4v) is 4.29. The van der Waals surface area contributed by atoms with Crippen LogP contribution in [0.4, 0.5) is 5.69 Å². The SMILES string of the molecule is Cc1ccc2c(c1)C1CN(C)CCC1N2C(=O)c1cc(C)[nH]c(=O)c1. The standard InChI is InChI=1S/C20H23N3O2/c1-12-4-5-17-15(8-12)16-11-22(3)7-6-18(16)23(17)20(25)14-9-13(2)21-19(24)10-14/h4-5,8-10,16,18H,6-7,11H2,1-3H3,(H,21,24). The van der Waals surface area contributed by atoms with Gasteiger partial charge in [-0.25, -0.2) is 0 Å². The Hall–Kier alpha value is -2.40. The number of likely N-dealkylation sites (tertiary alicyclic amines) is 1. The summed E-state index contributed by atoms with van der Waals surface area (Å²) in [6.07, 6.45) is 0.947. The average molecular weight is 337 g/mol. The quantitative estimate of drug-likeness (QED) is 0.869. The summed E-state index contributed by atoms with van der Waals surface area (Å²) >= 11 is 0. The van der Waals surface area contributed by atoms with Gasteiger partial charge in [-0.15, -0.1) is 0 Å². The number of likely N-dealkylation sites (N-methyl/N-ethyl adjacent to an activating group) is 1. The van der Waals surface area contributed by atoms with Gasteiger partial charge in [0.1, 0.15) is 0 Å². The lowest BCUT2D eigenvalue weighted by Crippen LogP contribution is -2.47. The molecule has 1 saturated heterocycles. The van der Waals surface area contributed by atoms with E-state index in [0.29, 0.717) is 17.2 Å². The number of aromatic amines is 1. The Morgan fingerprint density at radius 1 is 1.20 bits per heavy atom. The lowest BCUT2D eigenvalue weighted by Gasteiger charge is -2.36. The maximum atomic E-state index is 13.3. The smallest absolute Gasteiger partial charge is 0.258 e. The Bertz CT molecular complexity index is 902. The molecule has 5 heteroatoms. The molecule has 5 nitrogen and oxygen atoms in total. The maximum absolute atomic E-state index is 13.3. The van der Waals surface area contributed by atoms with E-state index < -0.39 is 0 Å². The number of benzene rings is 1. The molecular formula is C20H23N3O2. The number of carbonyl (C=O) groups excluding carboxylic acids is 1. The minimum atomic E-state index is -0.230. The molecule has 0 spiro atoms. The van der Waals surface area contributed by atoms with Crippen molar-refractivity contribution in [3.8, 4) is 0 Å². The third-order valence-corrected chi connectivity index (χ3v) is 5.40. The van der Waals surface area contributed by atoms with E-state index in [1.165, 1.54) is 17.2 Å². The highest BCUT2D eigenvalue weighted by Crippen LogP contribution is 2.45. The molecule has 0 bridgehead atoms. The molecule has 1 amide bonds. The molecular weight excluding hydrogens is 314 g/mol. The van der Waals surface area contributed by atoms with Crippen molar-refractivity contribution < 1.29 is 4.79 Å². The van der Waals surface area contributed by atoms with Gasteiger partial charge in [-0.2, -0.15) is 0 Å². The molecule has 1 aromatic heterocycles. The summed E-state index contributed by atoms with van der Waals surface area (Å²) in [5, 5.41) is 0. The lowest BCUT2D eigenvalue weighted by molar-refractivity contribution is 0.0964. The van der Waals surface area contributed by atoms with Crippen LogP contribution in [-0.2, 0) is 0 Å². The summed E-state index contributed by atoms with van der Waals surface area (Å²) < 4.78 is 0. The number of pyridine rings is 1. The minimum Gasteiger partial charge on any atom is -0.326 e. The summed E-state index contributed by atoms with van der Waals surface area (Å²) in [7, 11) is 2.14. The van der Waals surface area contributed by atoms with Crippen molar-refractivity contribution in [1.29, 1.82) is 0 Å². The summed E-state index contributed by atoms with van der Waals surface area (Å²) in [5.74, 6) is 0.261. The fraction of sp³-hybridized carbons (Fsp3) is 0.400. The molecule has 4 rings (SSSR count). The van der Waals surface area contributed by atoms with E-state index in [0.717, 1.165) is 25.2 Å². The number of piperidine rings is 1. The van der Waals surface area contributed by atoms with Gasteiger partial charge in [0, 0.05) is 41.5 Å². The molecule has 2 atom stereocenters. The van der Waals surface area contributed by atoms with Gasteiger partial charge in [-0.3, -0.25) is 9.59 Å². The van der Waals surface area contributed by atoms with Crippen molar-refractivity contribution in [3.63, 3.8) is 0 Å². The number of nitrogens with zero attached hydrogens (tertiary/aromatic N) is 2. The zero-order valence-electron chi connectivity index (χ0n) is 14.9. The molecule has 2 unspecified atom stereocenters. The van der Waals surface area contributed by atoms with Crippen LogP contribution in [0.25, 0.3) is 0 Å². The first-order chi connectivity index (χ1) is 11.9. The minimum absolute atomic E-state index is 0.0728. The Morgan fingerprint density at radius 3 is 2.76 bits per heavy atom. The molecule has 0 radical (unpaired) electrons. The highest BCUT2D eigenvalue weighted by Gasteiger charge is 2.44. The average Bonchev–Trinajstić information content (AvgIpc) is 2.86. The van der Waals surface area contributed by atoms with E-state index in [-0.39, 0.29) is 17.5 Å². The van der Waals surface area contributed by atoms with Crippen LogP contribution in [0, 0.1) is 13.8 Å². The Balaban J connectivity index is 1.81. The zero-order chi connectivity index (χ0) is 17.7. The van der Waals surface area contributed by atoms with E-state index in [4.69, 9.17) is 0 Å². The summed E-state index contributed by atoms with van der Waals surface area (Å²) in [6, 6.07) is 9.66. The van der Waals surface area contributed by atoms with Crippen LogP contribution in [0.15, 0.2) is 35.1 Å². The van der Waals surface area contributed by atoms with E-state index in [1.54, 1.807) is 13.0 Å². The number of hydrogen-bond acceptors (Lipinski definition) is 3. The third kappa shape index (κ3) is 2.68. The third-order valence-electron chi connectivity index (χ3n) is 5.40. The van der Waals surface area contributed by atoms with E-state index in [9.17, 15) is 9.59 Å². The number of anilines is 1. The second kappa shape index (κ2) is 5.85. The second-order valence-corrected chi connectivity index (χ2v) is 7.38. The Labute approximate surface area is 147 Å². The first-order valence-corrected chi connectivity index (χ1v) is 8.77. The normalized spacial score (nSPS) is 22.6. The van der Waals surface area contributed by atoms with Crippen LogP contribution in [0.2, 0.25) is 0 Å². The molecule has 1 fully saturated rings. The number of aromatic nitrogens is 1. The zero-order valence-corrected chi connectivity index (χ0v) is 14.9. The molecule has 1 N–H and O–H groups in total. The number of H-pyrrole nitrogens is 1. The van der Waals surface area contributed by atoms with Crippen molar-refractivity contribution in [1.82, 2.24) is 9.88 Å². The first-order valence-electron chi connectivity index (χ1n) is 8.77. The topological polar surface area (TPSA) is 56.4 Å². The molecule has 2 aromatic rings. The molecule has 0 saturated carbocycles. The highest BCUT2D eigenvalue weighted by molar-refractivity contribution is 6.08. The molecule has 130 valence electrons. The van der Waals surface area contributed by atoms with Gasteiger partial charge in [0.05, 0.1) is 0 Å². The lowest BCUT2D eigenvalue weighted by atomic mass is 9.88. The monoisotopic (exact) mass is 337 g/mol. The predicted octanol–water partition coefficient (Wildman–Crippen LogP) is 2.44. The van der Waals surface area contributed by atoms with Gasteiger partial charge in [-0.05, 0) is 51.6 Å². The van der Waals surface area contributed by atoms with Crippen LogP contribution in [0.3, 0.4) is 0 Å². The largest absolute Gasteiger partial charge is 0.326 e. The van der Waals surface area contributed by atoms with Crippen molar-refractivity contribution >= 4 is 11.6 Å². The predicted molar refractivity (Wildman–Crippen MR) is 98.4 cm³/mol. The van der Waals surface area contributed by atoms with Crippen molar-refractivity contribution in [2.75, 3.05) is 25.0 Å². The number of fused-ring (bicyclic) bond motifs is 3. The van der Waals surface area contributed by atoms with Gasteiger partial charge >= 0.3 is 0 Å². The van der Waals surface area contributed by atoms with Gasteiger partial charge < -0.3 is 14.8 Å². The van der Waals surface area contributed by atoms with Crippen LogP contribution in [-0.4, -0.2) is 42.0 Å². The second-order valence-electron chi connectivity index (χ2n) is 7.38. The number of aryl methyl sites for hydroxylation is 2. The van der Waals surface area contributed by atoms with Gasteiger partial charge in [0.2, 0.25) is 5.56 Å². The van der Waals surface area contributed by atoms with Crippen LogP contribution < -0.4 is 10.5 Å². The number of amides is 1. The van der Waals surface area contributed by atoms with Crippen LogP contribution in [0.1, 0.15) is 39.5 Å². The highest BCUT2D eigenvalue weighted by atomic mass is 16.2. The molecule has 3 heterocycles. The van der Waals surface area contributed by atoms with Crippen LogP contribution in [0.5, 0.6) is 0 Å². The molecule has 1 aromatic carbocycles. The van der Waals surface area contributed by atoms with E-state index >= 15 is 0 Å². The summed E-state index contributed by atoms with van der Waals surface area (Å²) in [6.45, 7) is 5.83.